The molecular formula is C12H11BrFN3O. The Morgan fingerprint density at radius 1 is 1.56 bits per heavy atom. The molecule has 0 bridgehead atoms. The van der Waals surface area contributed by atoms with E-state index in [0.717, 1.165) is 6.54 Å². The van der Waals surface area contributed by atoms with Crippen LogP contribution in [0.4, 0.5) is 10.1 Å². The summed E-state index contributed by atoms with van der Waals surface area (Å²) in [6.45, 7) is 2.67. The Morgan fingerprint density at radius 2 is 2.33 bits per heavy atom. The van der Waals surface area contributed by atoms with Crippen molar-refractivity contribution in [3.8, 4) is 0 Å². The van der Waals surface area contributed by atoms with Crippen molar-refractivity contribution in [3.05, 3.63) is 46.4 Å². The van der Waals surface area contributed by atoms with Crippen LogP contribution in [-0.2, 0) is 6.54 Å². The van der Waals surface area contributed by atoms with Gasteiger partial charge in [0.2, 0.25) is 0 Å². The van der Waals surface area contributed by atoms with Crippen LogP contribution in [0.5, 0.6) is 0 Å². The molecule has 0 fully saturated rings. The van der Waals surface area contributed by atoms with E-state index in [0.29, 0.717) is 5.69 Å². The monoisotopic (exact) mass is 311 g/mol. The molecule has 1 amide bonds. The third-order valence-electron chi connectivity index (χ3n) is 2.41. The summed E-state index contributed by atoms with van der Waals surface area (Å²) in [6, 6.07) is 4.33. The molecular weight excluding hydrogens is 301 g/mol. The maximum atomic E-state index is 13.3. The summed E-state index contributed by atoms with van der Waals surface area (Å²) in [6.07, 6.45) is 3.26. The predicted octanol–water partition coefficient (Wildman–Crippen LogP) is 3.06. The van der Waals surface area contributed by atoms with Gasteiger partial charge in [-0.3, -0.25) is 9.48 Å². The third-order valence-corrected chi connectivity index (χ3v) is 3.22. The molecule has 0 aliphatic rings. The van der Waals surface area contributed by atoms with Gasteiger partial charge in [0.05, 0.1) is 21.9 Å². The second-order valence-corrected chi connectivity index (χ2v) is 4.43. The molecule has 0 unspecified atom stereocenters. The minimum Gasteiger partial charge on any atom is -0.319 e. The van der Waals surface area contributed by atoms with Gasteiger partial charge >= 0.3 is 0 Å². The van der Waals surface area contributed by atoms with Crippen LogP contribution in [0, 0.1) is 5.82 Å². The molecule has 1 aromatic carbocycles. The Bertz CT molecular complexity index is 582. The molecule has 0 aliphatic heterocycles. The van der Waals surface area contributed by atoms with E-state index in [1.165, 1.54) is 12.1 Å². The maximum Gasteiger partial charge on any atom is 0.257 e. The van der Waals surface area contributed by atoms with Crippen LogP contribution in [0.3, 0.4) is 0 Å². The summed E-state index contributed by atoms with van der Waals surface area (Å²) < 4.78 is 15.1. The van der Waals surface area contributed by atoms with Gasteiger partial charge in [-0.25, -0.2) is 4.39 Å². The molecule has 1 aromatic heterocycles. The van der Waals surface area contributed by atoms with Crippen molar-refractivity contribution >= 4 is 27.5 Å². The van der Waals surface area contributed by atoms with Crippen molar-refractivity contribution in [3.63, 3.8) is 0 Å². The van der Waals surface area contributed by atoms with Gasteiger partial charge < -0.3 is 5.32 Å². The molecule has 18 heavy (non-hydrogen) atoms. The smallest absolute Gasteiger partial charge is 0.257 e. The minimum absolute atomic E-state index is 0.158. The van der Waals surface area contributed by atoms with Gasteiger partial charge in [0.1, 0.15) is 5.82 Å². The average molecular weight is 312 g/mol. The maximum absolute atomic E-state index is 13.3. The highest BCUT2D eigenvalue weighted by Crippen LogP contribution is 2.21. The summed E-state index contributed by atoms with van der Waals surface area (Å²) in [5, 5.41) is 6.70. The van der Waals surface area contributed by atoms with E-state index in [2.05, 4.69) is 26.3 Å². The quantitative estimate of drug-likeness (QED) is 0.947. The number of aryl methyl sites for hydroxylation is 1. The van der Waals surface area contributed by atoms with Crippen LogP contribution in [0.2, 0.25) is 0 Å². The first-order valence-electron chi connectivity index (χ1n) is 5.39. The van der Waals surface area contributed by atoms with Crippen molar-refractivity contribution in [1.82, 2.24) is 9.78 Å². The number of carbonyl (C=O) groups is 1. The molecule has 6 heteroatoms. The highest BCUT2D eigenvalue weighted by molar-refractivity contribution is 9.10. The normalized spacial score (nSPS) is 10.4. The second kappa shape index (κ2) is 5.30. The van der Waals surface area contributed by atoms with Crippen molar-refractivity contribution in [2.45, 2.75) is 13.5 Å². The van der Waals surface area contributed by atoms with Crippen molar-refractivity contribution in [2.24, 2.45) is 0 Å². The average Bonchev–Trinajstić information content (AvgIpc) is 2.80. The highest BCUT2D eigenvalue weighted by atomic mass is 79.9. The number of anilines is 1. The number of carbonyl (C=O) groups excluding carboxylic acids is 1. The molecule has 0 radical (unpaired) electrons. The molecule has 0 aliphatic carbocycles. The summed E-state index contributed by atoms with van der Waals surface area (Å²) >= 11 is 3.06. The van der Waals surface area contributed by atoms with E-state index < -0.39 is 5.82 Å². The van der Waals surface area contributed by atoms with Crippen LogP contribution in [0.25, 0.3) is 0 Å². The lowest BCUT2D eigenvalue weighted by atomic mass is 10.2. The van der Waals surface area contributed by atoms with Crippen LogP contribution in [-0.4, -0.2) is 15.7 Å². The van der Waals surface area contributed by atoms with Crippen LogP contribution < -0.4 is 5.32 Å². The fourth-order valence-electron chi connectivity index (χ4n) is 1.48. The molecule has 0 saturated heterocycles. The molecule has 0 saturated carbocycles. The molecule has 94 valence electrons. The van der Waals surface area contributed by atoms with Gasteiger partial charge in [-0.1, -0.05) is 6.07 Å². The predicted molar refractivity (Wildman–Crippen MR) is 70.0 cm³/mol. The van der Waals surface area contributed by atoms with E-state index in [1.54, 1.807) is 23.1 Å². The highest BCUT2D eigenvalue weighted by Gasteiger charge is 2.13. The summed E-state index contributed by atoms with van der Waals surface area (Å²) in [7, 11) is 0. The van der Waals surface area contributed by atoms with Crippen LogP contribution >= 0.6 is 15.9 Å². The van der Waals surface area contributed by atoms with Crippen LogP contribution in [0.15, 0.2) is 35.1 Å². The first kappa shape index (κ1) is 12.8. The molecule has 4 nitrogen and oxygen atoms in total. The number of aromatic nitrogens is 2. The number of rotatable bonds is 3. The standard InChI is InChI=1S/C12H11BrFN3O/c1-2-17-7-8(6-15-17)16-12(18)9-4-3-5-10(14)11(9)13/h3-7H,2H2,1H3,(H,16,18). The first-order valence-corrected chi connectivity index (χ1v) is 6.19. The van der Waals surface area contributed by atoms with Crippen LogP contribution in [0.1, 0.15) is 17.3 Å². The SMILES string of the molecule is CCn1cc(NC(=O)c2cccc(F)c2Br)cn1. The lowest BCUT2D eigenvalue weighted by Gasteiger charge is -2.05. The number of benzene rings is 1. The fraction of sp³-hybridized carbons (Fsp3) is 0.167. The van der Waals surface area contributed by atoms with E-state index in [1.807, 2.05) is 6.92 Å². The molecule has 2 aromatic rings. The molecule has 2 rings (SSSR count). The number of hydrogen-bond donors (Lipinski definition) is 1. The number of nitrogens with zero attached hydrogens (tertiary/aromatic N) is 2. The van der Waals surface area contributed by atoms with Gasteiger partial charge in [0.15, 0.2) is 0 Å². The molecule has 0 spiro atoms. The summed E-state index contributed by atoms with van der Waals surface area (Å²) in [5.41, 5.74) is 0.831. The summed E-state index contributed by atoms with van der Waals surface area (Å²) in [5.74, 6) is -0.844. The van der Waals surface area contributed by atoms with E-state index in [-0.39, 0.29) is 15.9 Å². The van der Waals surface area contributed by atoms with Gasteiger partial charge in [0, 0.05) is 12.7 Å². The van der Waals surface area contributed by atoms with Gasteiger partial charge in [-0.15, -0.1) is 0 Å². The Hall–Kier alpha value is -1.69. The van der Waals surface area contributed by atoms with E-state index in [4.69, 9.17) is 0 Å². The second-order valence-electron chi connectivity index (χ2n) is 3.64. The first-order chi connectivity index (χ1) is 8.61. The Kier molecular flexibility index (Phi) is 3.76. The largest absolute Gasteiger partial charge is 0.319 e. The lowest BCUT2D eigenvalue weighted by Crippen LogP contribution is -2.12. The van der Waals surface area contributed by atoms with Crippen molar-refractivity contribution < 1.29 is 9.18 Å². The zero-order valence-electron chi connectivity index (χ0n) is 9.65. The summed E-state index contributed by atoms with van der Waals surface area (Å²) in [4.78, 5) is 11.9. The Labute approximate surface area is 112 Å². The van der Waals surface area contributed by atoms with Crippen molar-refractivity contribution in [1.29, 1.82) is 0 Å². The van der Waals surface area contributed by atoms with E-state index >= 15 is 0 Å². The Balaban J connectivity index is 2.19. The molecule has 0 atom stereocenters. The van der Waals surface area contributed by atoms with Gasteiger partial charge in [-0.2, -0.15) is 5.10 Å². The molecule has 1 N–H and O–H groups in total. The zero-order valence-corrected chi connectivity index (χ0v) is 11.2. The van der Waals surface area contributed by atoms with Gasteiger partial charge in [-0.05, 0) is 35.0 Å². The number of halogens is 2. The molecule has 1 heterocycles. The lowest BCUT2D eigenvalue weighted by molar-refractivity contribution is 0.102. The number of hydrogen-bond acceptors (Lipinski definition) is 2. The number of amides is 1. The topological polar surface area (TPSA) is 46.9 Å². The van der Waals surface area contributed by atoms with Gasteiger partial charge in [0.25, 0.3) is 5.91 Å². The fourth-order valence-corrected chi connectivity index (χ4v) is 1.92. The van der Waals surface area contributed by atoms with Crippen molar-refractivity contribution in [2.75, 3.05) is 5.32 Å². The van der Waals surface area contributed by atoms with E-state index in [9.17, 15) is 9.18 Å². The third kappa shape index (κ3) is 2.59. The minimum atomic E-state index is -0.466. The number of nitrogens with one attached hydrogen (secondary N) is 1. The zero-order chi connectivity index (χ0) is 13.1. The Morgan fingerprint density at radius 3 is 3.00 bits per heavy atom.